The predicted molar refractivity (Wildman–Crippen MR) is 92.6 cm³/mol. The van der Waals surface area contributed by atoms with Crippen LogP contribution in [0.3, 0.4) is 0 Å². The minimum Gasteiger partial charge on any atom is -0.377 e. The van der Waals surface area contributed by atoms with Gasteiger partial charge in [0.15, 0.2) is 0 Å². The largest absolute Gasteiger partial charge is 0.500 e. The van der Waals surface area contributed by atoms with Gasteiger partial charge in [-0.2, -0.15) is 0 Å². The molecule has 0 bridgehead atoms. The summed E-state index contributed by atoms with van der Waals surface area (Å²) >= 11 is 0. The third-order valence-electron chi connectivity index (χ3n) is 4.45. The second-order valence-corrected chi connectivity index (χ2v) is 8.93. The zero-order valence-electron chi connectivity index (χ0n) is 15.3. The summed E-state index contributed by atoms with van der Waals surface area (Å²) in [7, 11) is 0.990. The smallest absolute Gasteiger partial charge is 0.377 e. The maximum Gasteiger partial charge on any atom is 0.500 e. The van der Waals surface area contributed by atoms with Crippen molar-refractivity contribution in [2.45, 2.75) is 97.1 Å². The fraction of sp³-hybridized carbons (Fsp3) is 1.00. The summed E-state index contributed by atoms with van der Waals surface area (Å²) in [6.45, 7) is 8.94. The first-order valence-electron chi connectivity index (χ1n) is 8.88. The molecule has 0 aromatic rings. The van der Waals surface area contributed by atoms with Crippen LogP contribution in [0, 0.1) is 0 Å². The summed E-state index contributed by atoms with van der Waals surface area (Å²) in [4.78, 5) is 0. The van der Waals surface area contributed by atoms with Crippen molar-refractivity contribution in [2.24, 2.45) is 0 Å². The molecule has 0 rings (SSSR count). The number of rotatable bonds is 14. The van der Waals surface area contributed by atoms with Gasteiger partial charge in [0, 0.05) is 20.3 Å². The molecule has 0 spiro atoms. The van der Waals surface area contributed by atoms with Crippen LogP contribution in [0.2, 0.25) is 6.04 Å². The molecule has 0 N–H and O–H groups in total. The molecule has 0 amide bonds. The molecule has 0 aromatic heterocycles. The Balaban J connectivity index is 5.07. The molecule has 4 heteroatoms. The van der Waals surface area contributed by atoms with E-state index >= 15 is 0 Å². The van der Waals surface area contributed by atoms with E-state index < -0.39 is 8.80 Å². The highest BCUT2D eigenvalue weighted by Gasteiger charge is 2.45. The summed E-state index contributed by atoms with van der Waals surface area (Å²) in [5, 5.41) is 0. The standard InChI is InChI=1S/C17H38O3Si/c1-7-11-14-17(10-4,15-12-8-2)20-21(18-5,19-6)16-13-9-3/h7-16H2,1-6H3. The molecule has 0 aliphatic carbocycles. The zero-order valence-corrected chi connectivity index (χ0v) is 16.3. The van der Waals surface area contributed by atoms with Gasteiger partial charge in [-0.25, -0.2) is 0 Å². The molecule has 0 atom stereocenters. The van der Waals surface area contributed by atoms with Gasteiger partial charge >= 0.3 is 8.80 Å². The van der Waals surface area contributed by atoms with Gasteiger partial charge < -0.3 is 13.3 Å². The van der Waals surface area contributed by atoms with Gasteiger partial charge in [0.2, 0.25) is 0 Å². The lowest BCUT2D eigenvalue weighted by Crippen LogP contribution is -2.52. The van der Waals surface area contributed by atoms with Crippen molar-refractivity contribution in [3.63, 3.8) is 0 Å². The van der Waals surface area contributed by atoms with E-state index in [1.165, 1.54) is 25.7 Å². The van der Waals surface area contributed by atoms with Gasteiger partial charge in [-0.1, -0.05) is 59.8 Å². The monoisotopic (exact) mass is 318 g/mol. The summed E-state index contributed by atoms with van der Waals surface area (Å²) < 4.78 is 18.3. The fourth-order valence-corrected chi connectivity index (χ4v) is 5.43. The first-order valence-corrected chi connectivity index (χ1v) is 10.8. The van der Waals surface area contributed by atoms with E-state index in [0.717, 1.165) is 38.1 Å². The van der Waals surface area contributed by atoms with Gasteiger partial charge in [0.25, 0.3) is 0 Å². The SMILES string of the molecule is CCCCC(CC)(CCCC)O[Si](CCCC)(OC)OC. The maximum absolute atomic E-state index is 6.67. The minimum absolute atomic E-state index is 0.0575. The van der Waals surface area contributed by atoms with Crippen LogP contribution in [-0.2, 0) is 13.3 Å². The lowest BCUT2D eigenvalue weighted by atomic mass is 9.88. The Morgan fingerprint density at radius 1 is 0.762 bits per heavy atom. The van der Waals surface area contributed by atoms with Gasteiger partial charge in [0.05, 0.1) is 5.60 Å². The molecule has 3 nitrogen and oxygen atoms in total. The molecule has 128 valence electrons. The molecule has 0 aliphatic rings. The average molecular weight is 319 g/mol. The van der Waals surface area contributed by atoms with Crippen LogP contribution < -0.4 is 0 Å². The summed E-state index contributed by atoms with van der Waals surface area (Å²) in [6, 6.07) is 0.927. The van der Waals surface area contributed by atoms with Crippen molar-refractivity contribution in [1.82, 2.24) is 0 Å². The molecular weight excluding hydrogens is 280 g/mol. The molecule has 0 saturated carbocycles. The number of unbranched alkanes of at least 4 members (excludes halogenated alkanes) is 3. The van der Waals surface area contributed by atoms with Gasteiger partial charge in [-0.15, -0.1) is 0 Å². The maximum atomic E-state index is 6.67. The normalized spacial score (nSPS) is 12.9. The molecule has 0 unspecified atom stereocenters. The Morgan fingerprint density at radius 3 is 1.57 bits per heavy atom. The minimum atomic E-state index is -2.52. The zero-order chi connectivity index (χ0) is 16.2. The van der Waals surface area contributed by atoms with Crippen LogP contribution in [0.25, 0.3) is 0 Å². The van der Waals surface area contributed by atoms with E-state index in [4.69, 9.17) is 13.3 Å². The third kappa shape index (κ3) is 7.27. The highest BCUT2D eigenvalue weighted by Crippen LogP contribution is 2.35. The first-order chi connectivity index (χ1) is 10.1. The quantitative estimate of drug-likeness (QED) is 0.392. The van der Waals surface area contributed by atoms with Gasteiger partial charge in [0.1, 0.15) is 0 Å². The summed E-state index contributed by atoms with van der Waals surface area (Å²) in [6.07, 6.45) is 10.4. The highest BCUT2D eigenvalue weighted by molar-refractivity contribution is 6.60. The van der Waals surface area contributed by atoms with Crippen molar-refractivity contribution in [2.75, 3.05) is 14.2 Å². The summed E-state index contributed by atoms with van der Waals surface area (Å²) in [5.41, 5.74) is -0.0575. The van der Waals surface area contributed by atoms with Crippen molar-refractivity contribution < 1.29 is 13.3 Å². The molecule has 0 fully saturated rings. The number of hydrogen-bond acceptors (Lipinski definition) is 3. The highest BCUT2D eigenvalue weighted by atomic mass is 28.4. The summed E-state index contributed by atoms with van der Waals surface area (Å²) in [5.74, 6) is 0. The van der Waals surface area contributed by atoms with Crippen LogP contribution in [0.4, 0.5) is 0 Å². The predicted octanol–water partition coefficient (Wildman–Crippen LogP) is 5.56. The molecule has 0 aliphatic heterocycles. The van der Waals surface area contributed by atoms with Crippen molar-refractivity contribution in [3.8, 4) is 0 Å². The van der Waals surface area contributed by atoms with E-state index in [1.54, 1.807) is 14.2 Å². The van der Waals surface area contributed by atoms with Gasteiger partial charge in [-0.3, -0.25) is 0 Å². The number of hydrogen-bond donors (Lipinski definition) is 0. The lowest BCUT2D eigenvalue weighted by Gasteiger charge is -2.40. The molecule has 21 heavy (non-hydrogen) atoms. The van der Waals surface area contributed by atoms with E-state index in [9.17, 15) is 0 Å². The second kappa shape index (κ2) is 11.6. The second-order valence-electron chi connectivity index (χ2n) is 6.04. The van der Waals surface area contributed by atoms with E-state index in [0.29, 0.717) is 0 Å². The molecule has 0 heterocycles. The molecule has 0 saturated heterocycles. The molecule has 0 aromatic carbocycles. The van der Waals surface area contributed by atoms with Crippen molar-refractivity contribution in [1.29, 1.82) is 0 Å². The van der Waals surface area contributed by atoms with Crippen LogP contribution >= 0.6 is 0 Å². The van der Waals surface area contributed by atoms with Crippen molar-refractivity contribution in [3.05, 3.63) is 0 Å². The van der Waals surface area contributed by atoms with E-state index in [1.807, 2.05) is 0 Å². The first kappa shape index (κ1) is 21.1. The average Bonchev–Trinajstić information content (AvgIpc) is 2.54. The lowest BCUT2D eigenvalue weighted by molar-refractivity contribution is -0.0341. The Hall–Kier alpha value is 0.0969. The Bertz CT molecular complexity index is 234. The molecule has 0 radical (unpaired) electrons. The van der Waals surface area contributed by atoms with Crippen LogP contribution in [0.15, 0.2) is 0 Å². The Morgan fingerprint density at radius 2 is 1.24 bits per heavy atom. The van der Waals surface area contributed by atoms with Crippen LogP contribution in [0.1, 0.15) is 85.5 Å². The molecular formula is C17H38O3Si. The van der Waals surface area contributed by atoms with E-state index in [2.05, 4.69) is 27.7 Å². The Kier molecular flexibility index (Phi) is 11.7. The Labute approximate surface area is 134 Å². The van der Waals surface area contributed by atoms with Crippen LogP contribution in [-0.4, -0.2) is 28.6 Å². The third-order valence-corrected chi connectivity index (χ3v) is 7.40. The topological polar surface area (TPSA) is 27.7 Å². The van der Waals surface area contributed by atoms with Crippen molar-refractivity contribution >= 4 is 8.80 Å². The van der Waals surface area contributed by atoms with Gasteiger partial charge in [-0.05, 0) is 25.7 Å². The fourth-order valence-electron chi connectivity index (χ4n) is 2.80. The van der Waals surface area contributed by atoms with E-state index in [-0.39, 0.29) is 5.60 Å². The van der Waals surface area contributed by atoms with Crippen LogP contribution in [0.5, 0.6) is 0 Å².